The molecule has 0 atom stereocenters. The Labute approximate surface area is 101 Å². The Morgan fingerprint density at radius 3 is 2.88 bits per heavy atom. The smallest absolute Gasteiger partial charge is 0.143 e. The van der Waals surface area contributed by atoms with Gasteiger partial charge in [0.2, 0.25) is 0 Å². The zero-order valence-electron chi connectivity index (χ0n) is 8.02. The molecule has 6 heteroatoms. The standard InChI is InChI=1S/C10H7ClFN3S/c11-6-3-8(13)9(4-7(6)12)16-10-1-2-14-5-15-10/h1-5H,13H2. The largest absolute Gasteiger partial charge is 0.398 e. The Hall–Kier alpha value is -1.33. The van der Waals surface area contributed by atoms with E-state index in [0.29, 0.717) is 15.6 Å². The van der Waals surface area contributed by atoms with Crippen LogP contribution in [0.5, 0.6) is 0 Å². The lowest BCUT2D eigenvalue weighted by Crippen LogP contribution is -1.91. The third-order valence-electron chi connectivity index (χ3n) is 1.82. The van der Waals surface area contributed by atoms with E-state index >= 15 is 0 Å². The van der Waals surface area contributed by atoms with Crippen LogP contribution in [0.4, 0.5) is 10.1 Å². The molecule has 82 valence electrons. The Bertz CT molecular complexity index is 507. The summed E-state index contributed by atoms with van der Waals surface area (Å²) in [5.41, 5.74) is 6.15. The Morgan fingerprint density at radius 2 is 2.19 bits per heavy atom. The maximum Gasteiger partial charge on any atom is 0.143 e. The van der Waals surface area contributed by atoms with Gasteiger partial charge in [-0.3, -0.25) is 0 Å². The van der Waals surface area contributed by atoms with Crippen LogP contribution in [0.2, 0.25) is 5.02 Å². The van der Waals surface area contributed by atoms with E-state index in [-0.39, 0.29) is 5.02 Å². The second-order valence-corrected chi connectivity index (χ2v) is 4.42. The highest BCUT2D eigenvalue weighted by Crippen LogP contribution is 2.33. The lowest BCUT2D eigenvalue weighted by atomic mass is 10.3. The molecule has 0 aliphatic heterocycles. The third-order valence-corrected chi connectivity index (χ3v) is 3.14. The molecule has 1 aromatic carbocycles. The molecular weight excluding hydrogens is 249 g/mol. The van der Waals surface area contributed by atoms with Gasteiger partial charge in [0.25, 0.3) is 0 Å². The topological polar surface area (TPSA) is 51.8 Å². The summed E-state index contributed by atoms with van der Waals surface area (Å²) in [7, 11) is 0. The predicted molar refractivity (Wildman–Crippen MR) is 62.0 cm³/mol. The lowest BCUT2D eigenvalue weighted by molar-refractivity contribution is 0.625. The molecule has 1 aromatic heterocycles. The number of benzene rings is 1. The van der Waals surface area contributed by atoms with E-state index in [2.05, 4.69) is 9.97 Å². The normalized spacial score (nSPS) is 10.4. The molecule has 0 amide bonds. The predicted octanol–water partition coefficient (Wildman–Crippen LogP) is 3.00. The molecule has 0 bridgehead atoms. The number of nitrogens with two attached hydrogens (primary N) is 1. The van der Waals surface area contributed by atoms with Crippen LogP contribution in [-0.4, -0.2) is 9.97 Å². The quantitative estimate of drug-likeness (QED) is 0.662. The van der Waals surface area contributed by atoms with Crippen molar-refractivity contribution in [3.63, 3.8) is 0 Å². The van der Waals surface area contributed by atoms with Crippen molar-refractivity contribution in [3.05, 3.63) is 41.6 Å². The van der Waals surface area contributed by atoms with E-state index in [9.17, 15) is 4.39 Å². The molecule has 0 saturated heterocycles. The highest BCUT2D eigenvalue weighted by molar-refractivity contribution is 7.99. The van der Waals surface area contributed by atoms with E-state index in [1.807, 2.05) is 0 Å². The zero-order chi connectivity index (χ0) is 11.5. The summed E-state index contributed by atoms with van der Waals surface area (Å²) < 4.78 is 13.2. The van der Waals surface area contributed by atoms with E-state index in [4.69, 9.17) is 17.3 Å². The number of halogens is 2. The molecule has 0 spiro atoms. The second kappa shape index (κ2) is 4.67. The van der Waals surface area contributed by atoms with E-state index in [1.165, 1.54) is 30.2 Å². The van der Waals surface area contributed by atoms with Gasteiger partial charge in [0, 0.05) is 16.8 Å². The number of hydrogen-bond acceptors (Lipinski definition) is 4. The molecule has 0 radical (unpaired) electrons. The average molecular weight is 256 g/mol. The monoisotopic (exact) mass is 255 g/mol. The van der Waals surface area contributed by atoms with Crippen molar-refractivity contribution in [2.75, 3.05) is 5.73 Å². The van der Waals surface area contributed by atoms with Gasteiger partial charge in [0.1, 0.15) is 17.2 Å². The number of anilines is 1. The van der Waals surface area contributed by atoms with Gasteiger partial charge < -0.3 is 5.73 Å². The van der Waals surface area contributed by atoms with E-state index < -0.39 is 5.82 Å². The Balaban J connectivity index is 2.32. The molecule has 0 fully saturated rings. The molecule has 16 heavy (non-hydrogen) atoms. The van der Waals surface area contributed by atoms with Gasteiger partial charge in [0.15, 0.2) is 0 Å². The first kappa shape index (κ1) is 11.2. The van der Waals surface area contributed by atoms with Crippen molar-refractivity contribution in [3.8, 4) is 0 Å². The van der Waals surface area contributed by atoms with Crippen molar-refractivity contribution in [2.45, 2.75) is 9.92 Å². The second-order valence-electron chi connectivity index (χ2n) is 2.95. The minimum atomic E-state index is -0.493. The van der Waals surface area contributed by atoms with E-state index in [0.717, 1.165) is 0 Å². The maximum absolute atomic E-state index is 13.2. The van der Waals surface area contributed by atoms with Gasteiger partial charge in [-0.15, -0.1) is 0 Å². The van der Waals surface area contributed by atoms with Crippen LogP contribution in [0, 0.1) is 5.82 Å². The van der Waals surface area contributed by atoms with Gasteiger partial charge in [0.05, 0.1) is 5.02 Å². The highest BCUT2D eigenvalue weighted by Gasteiger charge is 2.08. The minimum Gasteiger partial charge on any atom is -0.398 e. The number of nitrogens with zero attached hydrogens (tertiary/aromatic N) is 2. The number of aromatic nitrogens is 2. The van der Waals surface area contributed by atoms with Crippen LogP contribution < -0.4 is 5.73 Å². The molecule has 2 N–H and O–H groups in total. The van der Waals surface area contributed by atoms with Crippen molar-refractivity contribution < 1.29 is 4.39 Å². The van der Waals surface area contributed by atoms with Crippen LogP contribution in [0.25, 0.3) is 0 Å². The van der Waals surface area contributed by atoms with Crippen molar-refractivity contribution in [1.82, 2.24) is 9.97 Å². The van der Waals surface area contributed by atoms with Gasteiger partial charge in [-0.05, 0) is 18.2 Å². The SMILES string of the molecule is Nc1cc(Cl)c(F)cc1Sc1ccncn1. The fraction of sp³-hybridized carbons (Fsp3) is 0. The van der Waals surface area contributed by atoms with Crippen molar-refractivity contribution in [1.29, 1.82) is 0 Å². The van der Waals surface area contributed by atoms with Gasteiger partial charge in [-0.25, -0.2) is 14.4 Å². The zero-order valence-corrected chi connectivity index (χ0v) is 9.60. The highest BCUT2D eigenvalue weighted by atomic mass is 35.5. The summed E-state index contributed by atoms with van der Waals surface area (Å²) in [6.45, 7) is 0. The van der Waals surface area contributed by atoms with Crippen LogP contribution in [0.1, 0.15) is 0 Å². The van der Waals surface area contributed by atoms with Crippen LogP contribution in [0.15, 0.2) is 40.6 Å². The van der Waals surface area contributed by atoms with Gasteiger partial charge in [-0.2, -0.15) is 0 Å². The first-order valence-corrected chi connectivity index (χ1v) is 5.54. The minimum absolute atomic E-state index is 0.0181. The van der Waals surface area contributed by atoms with Gasteiger partial charge >= 0.3 is 0 Å². The van der Waals surface area contributed by atoms with Crippen molar-refractivity contribution >= 4 is 29.1 Å². The van der Waals surface area contributed by atoms with Crippen LogP contribution >= 0.6 is 23.4 Å². The first-order chi connectivity index (χ1) is 7.66. The summed E-state index contributed by atoms with van der Waals surface area (Å²) in [6, 6.07) is 4.40. The molecule has 0 aliphatic rings. The molecule has 3 nitrogen and oxygen atoms in total. The number of rotatable bonds is 2. The molecule has 1 heterocycles. The molecular formula is C10H7ClFN3S. The van der Waals surface area contributed by atoms with E-state index in [1.54, 1.807) is 12.3 Å². The summed E-state index contributed by atoms with van der Waals surface area (Å²) in [4.78, 5) is 8.38. The molecule has 0 unspecified atom stereocenters. The Kier molecular flexibility index (Phi) is 3.26. The summed E-state index contributed by atoms with van der Waals surface area (Å²) >= 11 is 6.86. The fourth-order valence-electron chi connectivity index (χ4n) is 1.08. The third kappa shape index (κ3) is 2.43. The summed E-state index contributed by atoms with van der Waals surface area (Å²) in [5.74, 6) is -0.493. The number of nitrogen functional groups attached to an aromatic ring is 1. The number of hydrogen-bond donors (Lipinski definition) is 1. The lowest BCUT2D eigenvalue weighted by Gasteiger charge is -2.05. The molecule has 2 aromatic rings. The molecule has 0 aliphatic carbocycles. The fourth-order valence-corrected chi connectivity index (χ4v) is 2.05. The van der Waals surface area contributed by atoms with Crippen molar-refractivity contribution in [2.24, 2.45) is 0 Å². The summed E-state index contributed by atoms with van der Waals surface area (Å²) in [6.07, 6.45) is 3.03. The average Bonchev–Trinajstić information content (AvgIpc) is 2.27. The molecule has 2 rings (SSSR count). The van der Waals surface area contributed by atoms with Gasteiger partial charge in [-0.1, -0.05) is 23.4 Å². The van der Waals surface area contributed by atoms with Crippen LogP contribution in [0.3, 0.4) is 0 Å². The summed E-state index contributed by atoms with van der Waals surface area (Å²) in [5, 5.41) is 0.716. The van der Waals surface area contributed by atoms with Crippen LogP contribution in [-0.2, 0) is 0 Å². The maximum atomic E-state index is 13.2. The first-order valence-electron chi connectivity index (χ1n) is 4.35. The Morgan fingerprint density at radius 1 is 1.38 bits per heavy atom. The molecule has 0 saturated carbocycles.